The van der Waals surface area contributed by atoms with Gasteiger partial charge < -0.3 is 20.1 Å². The average Bonchev–Trinajstić information content (AvgIpc) is 2.89. The van der Waals surface area contributed by atoms with Crippen LogP contribution in [0.1, 0.15) is 81.9 Å². The Morgan fingerprint density at radius 2 is 1.59 bits per heavy atom. The molecule has 0 amide bonds. The number of hydrogen-bond acceptors (Lipinski definition) is 4. The van der Waals surface area contributed by atoms with Gasteiger partial charge in [-0.05, 0) is 63.4 Å². The minimum Gasteiger partial charge on any atom is -0.393 e. The highest BCUT2D eigenvalue weighted by molar-refractivity contribution is 5.75. The van der Waals surface area contributed by atoms with Crippen LogP contribution in [-0.4, -0.2) is 33.3 Å². The molecule has 1 aromatic carbocycles. The number of aliphatic hydroxyl groups is 3. The Balaban J connectivity index is 1.78. The van der Waals surface area contributed by atoms with Crippen molar-refractivity contribution in [1.82, 2.24) is 0 Å². The number of ketones is 1. The molecule has 1 saturated carbocycles. The Morgan fingerprint density at radius 3 is 2.22 bits per heavy atom. The van der Waals surface area contributed by atoms with Crippen LogP contribution in [0.3, 0.4) is 0 Å². The molecule has 1 aliphatic rings. The zero-order valence-electron chi connectivity index (χ0n) is 16.8. The number of unbranched alkanes of at least 4 members (excludes halogenated alkanes) is 3. The summed E-state index contributed by atoms with van der Waals surface area (Å²) in [7, 11) is 0. The fourth-order valence-corrected chi connectivity index (χ4v) is 4.39. The summed E-state index contributed by atoms with van der Waals surface area (Å²) in [6.45, 7) is 3.66. The van der Waals surface area contributed by atoms with Crippen molar-refractivity contribution >= 4 is 5.78 Å². The van der Waals surface area contributed by atoms with Crippen molar-refractivity contribution in [2.24, 2.45) is 11.8 Å². The molecule has 1 fully saturated rings. The van der Waals surface area contributed by atoms with Crippen molar-refractivity contribution in [1.29, 1.82) is 0 Å². The maximum Gasteiger partial charge on any atom is 0.129 e. The summed E-state index contributed by atoms with van der Waals surface area (Å²) in [5, 5.41) is 31.2. The van der Waals surface area contributed by atoms with Gasteiger partial charge in [0.05, 0.1) is 18.3 Å². The average molecular weight is 377 g/mol. The van der Waals surface area contributed by atoms with Crippen LogP contribution in [-0.2, 0) is 4.79 Å². The monoisotopic (exact) mass is 376 g/mol. The van der Waals surface area contributed by atoms with Gasteiger partial charge in [0.25, 0.3) is 0 Å². The third kappa shape index (κ3) is 7.02. The second-order valence-corrected chi connectivity index (χ2v) is 8.36. The van der Waals surface area contributed by atoms with E-state index in [4.69, 9.17) is 0 Å². The quantitative estimate of drug-likeness (QED) is 0.508. The van der Waals surface area contributed by atoms with Crippen LogP contribution in [0.2, 0.25) is 0 Å². The smallest absolute Gasteiger partial charge is 0.129 e. The Hall–Kier alpha value is -1.23. The zero-order chi connectivity index (χ0) is 19.8. The highest BCUT2D eigenvalue weighted by Crippen LogP contribution is 2.40. The molecule has 1 unspecified atom stereocenters. The zero-order valence-corrected chi connectivity index (χ0v) is 16.8. The summed E-state index contributed by atoms with van der Waals surface area (Å²) in [5.41, 5.74) is 2.08. The molecule has 1 aromatic rings. The molecule has 0 heterocycles. The van der Waals surface area contributed by atoms with E-state index in [2.05, 4.69) is 0 Å². The van der Waals surface area contributed by atoms with Gasteiger partial charge in [-0.15, -0.1) is 0 Å². The highest BCUT2D eigenvalue weighted by Gasteiger charge is 2.40. The molecule has 2 rings (SSSR count). The molecule has 0 aromatic heterocycles. The fraction of sp³-hybridized carbons (Fsp3) is 0.696. The van der Waals surface area contributed by atoms with Crippen molar-refractivity contribution < 1.29 is 20.1 Å². The first-order valence-electron chi connectivity index (χ1n) is 10.5. The van der Waals surface area contributed by atoms with E-state index in [0.717, 1.165) is 44.1 Å². The second-order valence-electron chi connectivity index (χ2n) is 8.36. The van der Waals surface area contributed by atoms with Gasteiger partial charge in [-0.1, -0.05) is 49.1 Å². The van der Waals surface area contributed by atoms with Crippen molar-refractivity contribution in [2.75, 3.05) is 0 Å². The molecule has 1 aliphatic carbocycles. The highest BCUT2D eigenvalue weighted by atomic mass is 16.3. The molecule has 0 bridgehead atoms. The molecule has 27 heavy (non-hydrogen) atoms. The summed E-state index contributed by atoms with van der Waals surface area (Å²) in [6.07, 6.45) is 5.95. The van der Waals surface area contributed by atoms with E-state index in [1.54, 1.807) is 6.92 Å². The molecule has 4 heteroatoms. The minimum atomic E-state index is -0.525. The van der Waals surface area contributed by atoms with Gasteiger partial charge in [-0.25, -0.2) is 0 Å². The van der Waals surface area contributed by atoms with E-state index in [1.807, 2.05) is 31.2 Å². The van der Waals surface area contributed by atoms with E-state index in [-0.39, 0.29) is 17.6 Å². The second kappa shape index (κ2) is 10.9. The van der Waals surface area contributed by atoms with Crippen molar-refractivity contribution in [2.45, 2.75) is 89.9 Å². The number of aliphatic hydroxyl groups excluding tert-OH is 3. The summed E-state index contributed by atoms with van der Waals surface area (Å²) in [6, 6.07) is 7.92. The number of hydrogen-bond donors (Lipinski definition) is 3. The lowest BCUT2D eigenvalue weighted by molar-refractivity contribution is -0.117. The Labute approximate surface area is 163 Å². The lowest BCUT2D eigenvalue weighted by Crippen LogP contribution is -2.23. The van der Waals surface area contributed by atoms with E-state index < -0.39 is 18.3 Å². The molecule has 0 radical (unpaired) electrons. The Kier molecular flexibility index (Phi) is 8.94. The van der Waals surface area contributed by atoms with Crippen LogP contribution < -0.4 is 0 Å². The molecule has 5 atom stereocenters. The topological polar surface area (TPSA) is 77.8 Å². The van der Waals surface area contributed by atoms with Crippen molar-refractivity contribution in [3.63, 3.8) is 0 Å². The number of carbonyl (C=O) groups excluding carboxylic acids is 1. The lowest BCUT2D eigenvalue weighted by Gasteiger charge is -2.24. The lowest BCUT2D eigenvalue weighted by atomic mass is 9.84. The van der Waals surface area contributed by atoms with Gasteiger partial charge in [0, 0.05) is 6.42 Å². The molecule has 4 nitrogen and oxygen atoms in total. The van der Waals surface area contributed by atoms with E-state index in [9.17, 15) is 20.1 Å². The van der Waals surface area contributed by atoms with Crippen LogP contribution in [0.5, 0.6) is 0 Å². The number of rotatable bonds is 11. The van der Waals surface area contributed by atoms with Gasteiger partial charge in [-0.2, -0.15) is 0 Å². The maximum atomic E-state index is 11.0. The summed E-state index contributed by atoms with van der Waals surface area (Å²) < 4.78 is 0. The molecule has 0 saturated heterocycles. The van der Waals surface area contributed by atoms with Gasteiger partial charge in [-0.3, -0.25) is 0 Å². The normalized spacial score (nSPS) is 26.3. The van der Waals surface area contributed by atoms with Crippen LogP contribution in [0.25, 0.3) is 0 Å². The molecular formula is C23H36O4. The van der Waals surface area contributed by atoms with Gasteiger partial charge in [0.15, 0.2) is 0 Å². The Morgan fingerprint density at radius 1 is 1.00 bits per heavy atom. The molecule has 0 aliphatic heterocycles. The van der Waals surface area contributed by atoms with Gasteiger partial charge >= 0.3 is 0 Å². The summed E-state index contributed by atoms with van der Waals surface area (Å²) in [4.78, 5) is 11.0. The number of Topliss-reactive ketones (excluding diaryl/α,β-unsaturated/α-hetero) is 1. The first-order chi connectivity index (χ1) is 12.9. The molecular weight excluding hydrogens is 340 g/mol. The predicted octanol–water partition coefficient (Wildman–Crippen LogP) is 4.10. The van der Waals surface area contributed by atoms with Gasteiger partial charge in [0.1, 0.15) is 5.78 Å². The largest absolute Gasteiger partial charge is 0.393 e. The first kappa shape index (κ1) is 22.1. The minimum absolute atomic E-state index is 0.0531. The third-order valence-electron chi connectivity index (χ3n) is 6.07. The van der Waals surface area contributed by atoms with Gasteiger partial charge in [0.2, 0.25) is 0 Å². The number of benzene rings is 1. The van der Waals surface area contributed by atoms with Crippen LogP contribution in [0.4, 0.5) is 0 Å². The Bertz CT molecular complexity index is 568. The molecule has 3 N–H and O–H groups in total. The summed E-state index contributed by atoms with van der Waals surface area (Å²) in [5.74, 6) is 0.409. The van der Waals surface area contributed by atoms with E-state index in [1.165, 1.54) is 5.56 Å². The first-order valence-corrected chi connectivity index (χ1v) is 10.5. The van der Waals surface area contributed by atoms with E-state index in [0.29, 0.717) is 19.3 Å². The fourth-order valence-electron chi connectivity index (χ4n) is 4.39. The van der Waals surface area contributed by atoms with Crippen LogP contribution >= 0.6 is 0 Å². The SMILES string of the molecule is CC(=O)CCCCCC[C@@H]1[C@@H](CCC(O)c2ccc(C)cc2)[C@H](O)C[C@@H]1O. The van der Waals surface area contributed by atoms with Crippen molar-refractivity contribution in [3.8, 4) is 0 Å². The van der Waals surface area contributed by atoms with Crippen molar-refractivity contribution in [3.05, 3.63) is 35.4 Å². The summed E-state index contributed by atoms with van der Waals surface area (Å²) >= 11 is 0. The van der Waals surface area contributed by atoms with Crippen LogP contribution in [0.15, 0.2) is 24.3 Å². The predicted molar refractivity (Wildman–Crippen MR) is 107 cm³/mol. The molecule has 152 valence electrons. The van der Waals surface area contributed by atoms with E-state index >= 15 is 0 Å². The number of aryl methyl sites for hydroxylation is 1. The third-order valence-corrected chi connectivity index (χ3v) is 6.07. The maximum absolute atomic E-state index is 11.0. The number of carbonyl (C=O) groups is 1. The van der Waals surface area contributed by atoms with Crippen LogP contribution in [0, 0.1) is 18.8 Å². The molecule has 0 spiro atoms. The standard InChI is InChI=1S/C23H36O4/c1-16-9-11-18(12-10-16)21(25)14-13-20-19(22(26)15-23(20)27)8-6-4-3-5-7-17(2)24/h9-12,19-23,25-27H,3-8,13-15H2,1-2H3/t19-,20-,21?,22+,23-/m1/s1.